The summed E-state index contributed by atoms with van der Waals surface area (Å²) in [5.74, 6) is -0.281. The zero-order valence-electron chi connectivity index (χ0n) is 13.8. The van der Waals surface area contributed by atoms with Gasteiger partial charge in [0.1, 0.15) is 0 Å². The van der Waals surface area contributed by atoms with E-state index in [9.17, 15) is 9.59 Å². The minimum absolute atomic E-state index is 0.187. The lowest BCUT2D eigenvalue weighted by Gasteiger charge is -2.08. The average Bonchev–Trinajstić information content (AvgIpc) is 2.58. The predicted molar refractivity (Wildman–Crippen MR) is 101 cm³/mol. The number of thioether (sulfide) groups is 1. The van der Waals surface area contributed by atoms with Crippen molar-refractivity contribution in [3.05, 3.63) is 58.6 Å². The molecule has 25 heavy (non-hydrogen) atoms. The van der Waals surface area contributed by atoms with Gasteiger partial charge in [-0.2, -0.15) is 0 Å². The molecular formula is C18H19ClN2O3S. The first-order valence-electron chi connectivity index (χ1n) is 7.64. The van der Waals surface area contributed by atoms with Gasteiger partial charge in [-0.1, -0.05) is 29.3 Å². The van der Waals surface area contributed by atoms with Crippen LogP contribution in [0.3, 0.4) is 0 Å². The van der Waals surface area contributed by atoms with E-state index in [1.54, 1.807) is 11.8 Å². The Kier molecular flexibility index (Phi) is 7.16. The van der Waals surface area contributed by atoms with E-state index >= 15 is 0 Å². The number of rotatable bonds is 7. The average molecular weight is 379 g/mol. The molecule has 0 radical (unpaired) electrons. The van der Waals surface area contributed by atoms with E-state index in [-0.39, 0.29) is 23.8 Å². The molecule has 0 saturated carbocycles. The molecule has 2 aromatic carbocycles. The van der Waals surface area contributed by atoms with Crippen molar-refractivity contribution in [2.24, 2.45) is 0 Å². The smallest absolute Gasteiger partial charge is 0.340 e. The van der Waals surface area contributed by atoms with Gasteiger partial charge in [-0.15, -0.1) is 11.8 Å². The summed E-state index contributed by atoms with van der Waals surface area (Å²) in [7, 11) is 0. The Morgan fingerprint density at radius 3 is 2.60 bits per heavy atom. The van der Waals surface area contributed by atoms with E-state index in [4.69, 9.17) is 22.1 Å². The Morgan fingerprint density at radius 1 is 1.20 bits per heavy atom. The van der Waals surface area contributed by atoms with Crippen molar-refractivity contribution in [2.75, 3.05) is 24.6 Å². The summed E-state index contributed by atoms with van der Waals surface area (Å²) in [6, 6.07) is 12.6. The molecule has 0 fully saturated rings. The third-order valence-corrected chi connectivity index (χ3v) is 4.53. The number of carbonyl (C=O) groups is 2. The molecular weight excluding hydrogens is 360 g/mol. The van der Waals surface area contributed by atoms with Gasteiger partial charge < -0.3 is 15.8 Å². The minimum Gasteiger partial charge on any atom is -0.452 e. The van der Waals surface area contributed by atoms with Gasteiger partial charge in [-0.3, -0.25) is 4.79 Å². The van der Waals surface area contributed by atoms with Gasteiger partial charge in [0.25, 0.3) is 5.91 Å². The fraction of sp³-hybridized carbons (Fsp3) is 0.222. The highest BCUT2D eigenvalue weighted by molar-refractivity contribution is 7.99. The van der Waals surface area contributed by atoms with E-state index in [0.717, 1.165) is 10.6 Å². The normalized spacial score (nSPS) is 10.3. The maximum atomic E-state index is 11.9. The lowest BCUT2D eigenvalue weighted by Crippen LogP contribution is -2.30. The third kappa shape index (κ3) is 6.32. The van der Waals surface area contributed by atoms with Crippen molar-refractivity contribution < 1.29 is 14.3 Å². The molecule has 0 aromatic heterocycles. The summed E-state index contributed by atoms with van der Waals surface area (Å²) in [4.78, 5) is 24.8. The van der Waals surface area contributed by atoms with Crippen LogP contribution >= 0.6 is 23.4 Å². The van der Waals surface area contributed by atoms with E-state index in [0.29, 0.717) is 11.6 Å². The molecule has 0 atom stereocenters. The van der Waals surface area contributed by atoms with Gasteiger partial charge in [0.05, 0.1) is 5.56 Å². The Labute approximate surface area is 155 Å². The molecule has 132 valence electrons. The molecule has 1 amide bonds. The zero-order chi connectivity index (χ0) is 18.2. The number of esters is 1. The fourth-order valence-corrected chi connectivity index (χ4v) is 2.92. The zero-order valence-corrected chi connectivity index (χ0v) is 15.3. The number of carbonyl (C=O) groups excluding carboxylic acids is 2. The first-order chi connectivity index (χ1) is 12.0. The highest BCUT2D eigenvalue weighted by Crippen LogP contribution is 2.19. The van der Waals surface area contributed by atoms with Crippen LogP contribution in [0.4, 0.5) is 5.69 Å². The Bertz CT molecular complexity index is 750. The number of anilines is 1. The maximum Gasteiger partial charge on any atom is 0.340 e. The summed E-state index contributed by atoms with van der Waals surface area (Å²) in [6.45, 7) is 2.17. The van der Waals surface area contributed by atoms with Gasteiger partial charge in [0.2, 0.25) is 0 Å². The number of nitrogens with two attached hydrogens (primary N) is 1. The van der Waals surface area contributed by atoms with Crippen LogP contribution in [0.25, 0.3) is 0 Å². The number of amides is 1. The van der Waals surface area contributed by atoms with Crippen LogP contribution in [0.15, 0.2) is 47.4 Å². The van der Waals surface area contributed by atoms with Gasteiger partial charge >= 0.3 is 5.97 Å². The van der Waals surface area contributed by atoms with Crippen LogP contribution in [-0.2, 0) is 9.53 Å². The number of halogens is 1. The fourth-order valence-electron chi connectivity index (χ4n) is 1.97. The number of hydrogen-bond donors (Lipinski definition) is 2. The number of ether oxygens (including phenoxy) is 1. The molecule has 0 heterocycles. The largest absolute Gasteiger partial charge is 0.452 e. The summed E-state index contributed by atoms with van der Waals surface area (Å²) in [5, 5.41) is 3.13. The molecule has 0 bridgehead atoms. The second kappa shape index (κ2) is 9.34. The number of nitrogen functional groups attached to an aromatic ring is 1. The Hall–Kier alpha value is -2.18. The van der Waals surface area contributed by atoms with Gasteiger partial charge in [-0.25, -0.2) is 4.79 Å². The number of benzene rings is 2. The number of aryl methyl sites for hydroxylation is 1. The van der Waals surface area contributed by atoms with Gasteiger partial charge in [0.15, 0.2) is 6.61 Å². The van der Waals surface area contributed by atoms with Crippen LogP contribution in [0.5, 0.6) is 0 Å². The van der Waals surface area contributed by atoms with Crippen molar-refractivity contribution in [1.82, 2.24) is 5.32 Å². The maximum absolute atomic E-state index is 11.9. The number of nitrogens with one attached hydrogen (secondary N) is 1. The molecule has 0 spiro atoms. The molecule has 0 aliphatic rings. The summed E-state index contributed by atoms with van der Waals surface area (Å²) >= 11 is 7.42. The van der Waals surface area contributed by atoms with Crippen LogP contribution in [0.2, 0.25) is 5.02 Å². The van der Waals surface area contributed by atoms with Crippen LogP contribution < -0.4 is 11.1 Å². The molecule has 0 aliphatic carbocycles. The summed E-state index contributed by atoms with van der Waals surface area (Å²) in [6.07, 6.45) is 0. The Balaban J connectivity index is 1.68. The van der Waals surface area contributed by atoms with Crippen molar-refractivity contribution in [2.45, 2.75) is 11.8 Å². The minimum atomic E-state index is -0.654. The topological polar surface area (TPSA) is 81.4 Å². The molecule has 7 heteroatoms. The molecule has 5 nitrogen and oxygen atoms in total. The lowest BCUT2D eigenvalue weighted by atomic mass is 10.2. The van der Waals surface area contributed by atoms with E-state index in [1.165, 1.54) is 23.8 Å². The SMILES string of the molecule is Cc1ccc(SCCNC(=O)COC(=O)c2ccc(Cl)cc2N)cc1. The number of hydrogen-bond acceptors (Lipinski definition) is 5. The molecule has 0 saturated heterocycles. The third-order valence-electron chi connectivity index (χ3n) is 3.28. The van der Waals surface area contributed by atoms with Crippen molar-refractivity contribution in [3.63, 3.8) is 0 Å². The Morgan fingerprint density at radius 2 is 1.92 bits per heavy atom. The molecule has 3 N–H and O–H groups in total. The second-order valence-corrected chi connectivity index (χ2v) is 6.92. The van der Waals surface area contributed by atoms with Crippen molar-refractivity contribution >= 4 is 40.9 Å². The monoisotopic (exact) mass is 378 g/mol. The standard InChI is InChI=1S/C18H19ClN2O3S/c1-12-2-5-14(6-3-12)25-9-8-21-17(22)11-24-18(23)15-7-4-13(19)10-16(15)20/h2-7,10H,8-9,11,20H2,1H3,(H,21,22). The summed E-state index contributed by atoms with van der Waals surface area (Å²) < 4.78 is 4.96. The van der Waals surface area contributed by atoms with E-state index in [2.05, 4.69) is 5.32 Å². The van der Waals surface area contributed by atoms with Crippen molar-refractivity contribution in [1.29, 1.82) is 0 Å². The first kappa shape index (κ1) is 19.1. The highest BCUT2D eigenvalue weighted by atomic mass is 35.5. The van der Waals surface area contributed by atoms with E-state index in [1.807, 2.05) is 31.2 Å². The van der Waals surface area contributed by atoms with Gasteiger partial charge in [0, 0.05) is 27.9 Å². The van der Waals surface area contributed by atoms with Crippen LogP contribution in [0, 0.1) is 6.92 Å². The van der Waals surface area contributed by atoms with Gasteiger partial charge in [-0.05, 0) is 37.3 Å². The summed E-state index contributed by atoms with van der Waals surface area (Å²) in [5.41, 5.74) is 7.31. The predicted octanol–water partition coefficient (Wildman–Crippen LogP) is 3.30. The molecule has 2 rings (SSSR count). The van der Waals surface area contributed by atoms with Crippen molar-refractivity contribution in [3.8, 4) is 0 Å². The van der Waals surface area contributed by atoms with Crippen LogP contribution in [-0.4, -0.2) is 30.8 Å². The van der Waals surface area contributed by atoms with E-state index < -0.39 is 5.97 Å². The highest BCUT2D eigenvalue weighted by Gasteiger charge is 2.13. The quantitative estimate of drug-likeness (QED) is 0.334. The molecule has 2 aromatic rings. The molecule has 0 aliphatic heterocycles. The molecule has 0 unspecified atom stereocenters. The second-order valence-electron chi connectivity index (χ2n) is 5.32. The first-order valence-corrected chi connectivity index (χ1v) is 9.00. The van der Waals surface area contributed by atoms with Crippen LogP contribution in [0.1, 0.15) is 15.9 Å². The lowest BCUT2D eigenvalue weighted by molar-refractivity contribution is -0.124.